The SMILES string of the molecule is CC1=C(C(=O)OCC(C)C)C(c2cccc(NC(=O)c3ccc4c(c3)OCO4)c2)N2CCCSC2=N1. The third kappa shape index (κ3) is 4.93. The van der Waals surface area contributed by atoms with Crippen LogP contribution >= 0.6 is 11.8 Å². The molecule has 3 aliphatic heterocycles. The third-order valence-electron chi connectivity index (χ3n) is 6.12. The highest BCUT2D eigenvalue weighted by atomic mass is 32.2. The fraction of sp³-hybridized carbons (Fsp3) is 0.370. The zero-order valence-corrected chi connectivity index (χ0v) is 21.4. The van der Waals surface area contributed by atoms with Gasteiger partial charge in [0.15, 0.2) is 16.7 Å². The number of hydrogen-bond donors (Lipinski definition) is 1. The van der Waals surface area contributed by atoms with Gasteiger partial charge in [-0.25, -0.2) is 9.79 Å². The summed E-state index contributed by atoms with van der Waals surface area (Å²) < 4.78 is 16.4. The van der Waals surface area contributed by atoms with Crippen LogP contribution in [0, 0.1) is 5.92 Å². The summed E-state index contributed by atoms with van der Waals surface area (Å²) in [5.41, 5.74) is 3.21. The predicted octanol–water partition coefficient (Wildman–Crippen LogP) is 4.99. The molecule has 3 heterocycles. The van der Waals surface area contributed by atoms with Crippen molar-refractivity contribution in [3.63, 3.8) is 0 Å². The number of amides is 1. The first-order valence-corrected chi connectivity index (χ1v) is 13.1. The lowest BCUT2D eigenvalue weighted by molar-refractivity contribution is -0.140. The average molecular weight is 508 g/mol. The molecular formula is C27H29N3O5S. The lowest BCUT2D eigenvalue weighted by Gasteiger charge is -2.40. The van der Waals surface area contributed by atoms with Crippen molar-refractivity contribution in [1.29, 1.82) is 0 Å². The van der Waals surface area contributed by atoms with Crippen molar-refractivity contribution in [2.45, 2.75) is 33.2 Å². The van der Waals surface area contributed by atoms with E-state index in [1.807, 2.05) is 45.0 Å². The van der Waals surface area contributed by atoms with E-state index in [4.69, 9.17) is 19.2 Å². The van der Waals surface area contributed by atoms with Crippen molar-refractivity contribution in [2.75, 3.05) is 31.0 Å². The Morgan fingerprint density at radius 1 is 1.19 bits per heavy atom. The molecule has 0 spiro atoms. The molecule has 0 radical (unpaired) electrons. The fourth-order valence-electron chi connectivity index (χ4n) is 4.42. The molecule has 8 nitrogen and oxygen atoms in total. The number of anilines is 1. The quantitative estimate of drug-likeness (QED) is 0.551. The van der Waals surface area contributed by atoms with Crippen molar-refractivity contribution in [2.24, 2.45) is 10.9 Å². The number of benzene rings is 2. The molecule has 5 rings (SSSR count). The first-order valence-electron chi connectivity index (χ1n) is 12.1. The minimum Gasteiger partial charge on any atom is -0.462 e. The van der Waals surface area contributed by atoms with Crippen LogP contribution in [0.1, 0.15) is 49.2 Å². The maximum absolute atomic E-state index is 13.2. The van der Waals surface area contributed by atoms with Gasteiger partial charge in [-0.1, -0.05) is 37.7 Å². The van der Waals surface area contributed by atoms with Crippen LogP contribution < -0.4 is 14.8 Å². The lowest BCUT2D eigenvalue weighted by atomic mass is 9.94. The smallest absolute Gasteiger partial charge is 0.338 e. The monoisotopic (exact) mass is 507 g/mol. The van der Waals surface area contributed by atoms with Crippen LogP contribution in [-0.2, 0) is 9.53 Å². The van der Waals surface area contributed by atoms with Crippen molar-refractivity contribution in [1.82, 2.24) is 4.90 Å². The van der Waals surface area contributed by atoms with Crippen LogP contribution in [0.3, 0.4) is 0 Å². The molecular weight excluding hydrogens is 478 g/mol. The number of carbonyl (C=O) groups is 2. The van der Waals surface area contributed by atoms with Crippen molar-refractivity contribution in [3.8, 4) is 11.5 Å². The Kier molecular flexibility index (Phi) is 6.91. The van der Waals surface area contributed by atoms with Gasteiger partial charge in [-0.3, -0.25) is 4.79 Å². The van der Waals surface area contributed by atoms with Crippen LogP contribution in [0.5, 0.6) is 11.5 Å². The van der Waals surface area contributed by atoms with E-state index in [0.717, 1.165) is 29.4 Å². The molecule has 36 heavy (non-hydrogen) atoms. The van der Waals surface area contributed by atoms with E-state index >= 15 is 0 Å². The van der Waals surface area contributed by atoms with Gasteiger partial charge in [0.05, 0.1) is 23.9 Å². The van der Waals surface area contributed by atoms with Gasteiger partial charge in [0, 0.05) is 23.5 Å². The zero-order valence-electron chi connectivity index (χ0n) is 20.6. The number of hydrogen-bond acceptors (Lipinski definition) is 8. The molecule has 1 atom stereocenters. The molecule has 1 amide bonds. The van der Waals surface area contributed by atoms with Gasteiger partial charge in [0.2, 0.25) is 6.79 Å². The van der Waals surface area contributed by atoms with E-state index in [9.17, 15) is 9.59 Å². The highest BCUT2D eigenvalue weighted by Gasteiger charge is 2.38. The highest BCUT2D eigenvalue weighted by Crippen LogP contribution is 2.40. The summed E-state index contributed by atoms with van der Waals surface area (Å²) in [6.07, 6.45) is 0.994. The fourth-order valence-corrected chi connectivity index (χ4v) is 5.44. The molecule has 1 saturated heterocycles. The van der Waals surface area contributed by atoms with Gasteiger partial charge >= 0.3 is 5.97 Å². The van der Waals surface area contributed by atoms with Crippen LogP contribution in [0.25, 0.3) is 0 Å². The number of esters is 1. The highest BCUT2D eigenvalue weighted by molar-refractivity contribution is 8.13. The molecule has 0 aliphatic carbocycles. The van der Waals surface area contributed by atoms with E-state index < -0.39 is 0 Å². The topological polar surface area (TPSA) is 89.5 Å². The normalized spacial score (nSPS) is 18.6. The number of amidine groups is 1. The number of carbonyl (C=O) groups excluding carboxylic acids is 2. The second kappa shape index (κ2) is 10.3. The molecule has 2 aromatic rings. The first kappa shape index (κ1) is 24.2. The third-order valence-corrected chi connectivity index (χ3v) is 7.20. The molecule has 0 aromatic heterocycles. The average Bonchev–Trinajstić information content (AvgIpc) is 3.34. The Labute approximate surface area is 214 Å². The van der Waals surface area contributed by atoms with E-state index in [-0.39, 0.29) is 30.6 Å². The van der Waals surface area contributed by atoms with Crippen LogP contribution in [0.2, 0.25) is 0 Å². The summed E-state index contributed by atoms with van der Waals surface area (Å²) in [7, 11) is 0. The number of ether oxygens (including phenoxy) is 3. The number of nitrogens with one attached hydrogen (secondary N) is 1. The van der Waals surface area contributed by atoms with Gasteiger partial charge in [0.25, 0.3) is 5.91 Å². The van der Waals surface area contributed by atoms with Crippen LogP contribution in [0.15, 0.2) is 58.7 Å². The number of aliphatic imine (C=N–C) groups is 1. The van der Waals surface area contributed by atoms with Crippen molar-refractivity contribution < 1.29 is 23.8 Å². The second-order valence-electron chi connectivity index (χ2n) is 9.33. The summed E-state index contributed by atoms with van der Waals surface area (Å²) in [5.74, 6) is 1.80. The minimum atomic E-state index is -0.348. The number of allylic oxidation sites excluding steroid dienone is 1. The van der Waals surface area contributed by atoms with Crippen LogP contribution in [0.4, 0.5) is 5.69 Å². The van der Waals surface area contributed by atoms with Crippen molar-refractivity contribution >= 4 is 34.5 Å². The molecule has 2 aromatic carbocycles. The standard InChI is InChI=1S/C27H29N3O5S/c1-16(2)14-33-26(32)23-17(3)28-27-30(10-5-11-36-27)24(23)18-6-4-7-20(12-18)29-25(31)19-8-9-21-22(13-19)35-15-34-21/h4,6-9,12-13,16,24H,5,10-11,14-15H2,1-3H3,(H,29,31). The molecule has 9 heteroatoms. The summed E-state index contributed by atoms with van der Waals surface area (Å²) in [5, 5.41) is 3.89. The van der Waals surface area contributed by atoms with Crippen LogP contribution in [-0.4, -0.2) is 47.6 Å². The van der Waals surface area contributed by atoms with Gasteiger partial charge in [-0.05, 0) is 55.2 Å². The summed E-state index contributed by atoms with van der Waals surface area (Å²) >= 11 is 1.70. The summed E-state index contributed by atoms with van der Waals surface area (Å²) in [6, 6.07) is 12.4. The summed E-state index contributed by atoms with van der Waals surface area (Å²) in [6.45, 7) is 7.17. The number of fused-ring (bicyclic) bond motifs is 2. The summed E-state index contributed by atoms with van der Waals surface area (Å²) in [4.78, 5) is 33.1. The maximum atomic E-state index is 13.2. The van der Waals surface area contributed by atoms with E-state index in [1.165, 1.54) is 0 Å². The molecule has 3 aliphatic rings. The minimum absolute atomic E-state index is 0.152. The molecule has 1 unspecified atom stereocenters. The van der Waals surface area contributed by atoms with E-state index in [1.54, 1.807) is 30.0 Å². The van der Waals surface area contributed by atoms with E-state index in [2.05, 4.69) is 10.2 Å². The van der Waals surface area contributed by atoms with Crippen molar-refractivity contribution in [3.05, 3.63) is 64.9 Å². The van der Waals surface area contributed by atoms with Gasteiger partial charge in [-0.2, -0.15) is 0 Å². The number of nitrogens with zero attached hydrogens (tertiary/aromatic N) is 2. The Balaban J connectivity index is 1.44. The molecule has 1 N–H and O–H groups in total. The Hall–Kier alpha value is -3.46. The molecule has 0 bridgehead atoms. The Morgan fingerprint density at radius 2 is 2.03 bits per heavy atom. The van der Waals surface area contributed by atoms with Gasteiger partial charge in [0.1, 0.15) is 0 Å². The number of rotatable bonds is 6. The Bertz CT molecular complexity index is 1260. The molecule has 1 fully saturated rings. The number of thioether (sulfide) groups is 1. The molecule has 188 valence electrons. The first-order chi connectivity index (χ1) is 17.4. The Morgan fingerprint density at radius 3 is 2.86 bits per heavy atom. The predicted molar refractivity (Wildman–Crippen MR) is 139 cm³/mol. The zero-order chi connectivity index (χ0) is 25.2. The van der Waals surface area contributed by atoms with Gasteiger partial charge in [-0.15, -0.1) is 0 Å². The lowest BCUT2D eigenvalue weighted by Crippen LogP contribution is -2.42. The largest absolute Gasteiger partial charge is 0.462 e. The second-order valence-corrected chi connectivity index (χ2v) is 10.4. The van der Waals surface area contributed by atoms with E-state index in [0.29, 0.717) is 40.6 Å². The van der Waals surface area contributed by atoms with Gasteiger partial charge < -0.3 is 24.4 Å². The maximum Gasteiger partial charge on any atom is 0.338 e. The molecule has 0 saturated carbocycles.